The lowest BCUT2D eigenvalue weighted by Gasteiger charge is -2.28. The van der Waals surface area contributed by atoms with Gasteiger partial charge in [0.1, 0.15) is 0 Å². The average molecular weight is 258 g/mol. The van der Waals surface area contributed by atoms with Gasteiger partial charge < -0.3 is 5.73 Å². The van der Waals surface area contributed by atoms with Crippen LogP contribution < -0.4 is 5.73 Å². The zero-order valence-electron chi connectivity index (χ0n) is 10.6. The molecular weight excluding hydrogens is 240 g/mol. The number of hydrogen-bond donors (Lipinski definition) is 1. The van der Waals surface area contributed by atoms with Crippen molar-refractivity contribution in [1.29, 1.82) is 0 Å². The quantitative estimate of drug-likeness (QED) is 0.887. The monoisotopic (exact) mass is 258 g/mol. The maximum absolute atomic E-state index is 5.81. The summed E-state index contributed by atoms with van der Waals surface area (Å²) in [6, 6.07) is 8.92. The third kappa shape index (κ3) is 1.83. The second-order valence-electron chi connectivity index (χ2n) is 5.23. The molecule has 0 saturated heterocycles. The van der Waals surface area contributed by atoms with E-state index in [2.05, 4.69) is 41.6 Å². The van der Waals surface area contributed by atoms with E-state index in [9.17, 15) is 0 Å². The van der Waals surface area contributed by atoms with Gasteiger partial charge in [0.05, 0.1) is 5.69 Å². The Morgan fingerprint density at radius 1 is 1.17 bits per heavy atom. The molecule has 94 valence electrons. The Labute approximate surface area is 112 Å². The standard InChI is InChI=1S/C15H18N2S/c1-11-4-6-12(7-5-11)15(8-2-3-9-15)13-10-18-14(16)17-13/h4-7,10H,2-3,8-9H2,1H3,(H2,16,17). The van der Waals surface area contributed by atoms with E-state index in [1.54, 1.807) is 11.3 Å². The van der Waals surface area contributed by atoms with Crippen LogP contribution in [0.5, 0.6) is 0 Å². The Balaban J connectivity index is 2.09. The zero-order chi connectivity index (χ0) is 12.6. The largest absolute Gasteiger partial charge is 0.375 e. The molecule has 1 saturated carbocycles. The minimum absolute atomic E-state index is 0.113. The van der Waals surface area contributed by atoms with Gasteiger partial charge in [0.25, 0.3) is 0 Å². The Morgan fingerprint density at radius 3 is 2.39 bits per heavy atom. The molecule has 0 bridgehead atoms. The summed E-state index contributed by atoms with van der Waals surface area (Å²) in [6.07, 6.45) is 4.95. The van der Waals surface area contributed by atoms with Crippen LogP contribution >= 0.6 is 11.3 Å². The van der Waals surface area contributed by atoms with Gasteiger partial charge >= 0.3 is 0 Å². The minimum atomic E-state index is 0.113. The highest BCUT2D eigenvalue weighted by Crippen LogP contribution is 2.46. The molecule has 0 unspecified atom stereocenters. The first kappa shape index (κ1) is 11.7. The van der Waals surface area contributed by atoms with Gasteiger partial charge in [-0.15, -0.1) is 11.3 Å². The number of anilines is 1. The number of benzene rings is 1. The number of nitrogen functional groups attached to an aromatic ring is 1. The smallest absolute Gasteiger partial charge is 0.180 e. The number of nitrogens with two attached hydrogens (primary N) is 1. The van der Waals surface area contributed by atoms with Crippen molar-refractivity contribution in [1.82, 2.24) is 4.98 Å². The highest BCUT2D eigenvalue weighted by atomic mass is 32.1. The van der Waals surface area contributed by atoms with Gasteiger partial charge in [0.2, 0.25) is 0 Å². The summed E-state index contributed by atoms with van der Waals surface area (Å²) in [7, 11) is 0. The summed E-state index contributed by atoms with van der Waals surface area (Å²) in [5.74, 6) is 0. The van der Waals surface area contributed by atoms with Crippen LogP contribution in [-0.2, 0) is 5.41 Å². The van der Waals surface area contributed by atoms with E-state index in [4.69, 9.17) is 5.73 Å². The molecule has 1 fully saturated rings. The summed E-state index contributed by atoms with van der Waals surface area (Å²) in [5.41, 5.74) is 9.81. The highest BCUT2D eigenvalue weighted by Gasteiger charge is 2.39. The van der Waals surface area contributed by atoms with Crippen LogP contribution in [0.4, 0.5) is 5.13 Å². The fraction of sp³-hybridized carbons (Fsp3) is 0.400. The first-order valence-electron chi connectivity index (χ1n) is 6.49. The van der Waals surface area contributed by atoms with Gasteiger partial charge in [-0.1, -0.05) is 42.7 Å². The molecule has 2 nitrogen and oxygen atoms in total. The molecule has 0 atom stereocenters. The molecule has 0 radical (unpaired) electrons. The Morgan fingerprint density at radius 2 is 1.83 bits per heavy atom. The first-order valence-corrected chi connectivity index (χ1v) is 7.37. The van der Waals surface area contributed by atoms with Gasteiger partial charge in [-0.05, 0) is 25.3 Å². The molecule has 2 N–H and O–H groups in total. The van der Waals surface area contributed by atoms with Crippen molar-refractivity contribution in [2.45, 2.75) is 38.0 Å². The van der Waals surface area contributed by atoms with Crippen molar-refractivity contribution in [3.63, 3.8) is 0 Å². The molecule has 3 rings (SSSR count). The van der Waals surface area contributed by atoms with Crippen molar-refractivity contribution in [2.75, 3.05) is 5.73 Å². The number of thiazole rings is 1. The molecule has 1 aromatic heterocycles. The summed E-state index contributed by atoms with van der Waals surface area (Å²) < 4.78 is 0. The zero-order valence-corrected chi connectivity index (χ0v) is 11.5. The van der Waals surface area contributed by atoms with Crippen LogP contribution in [0.2, 0.25) is 0 Å². The second kappa shape index (κ2) is 4.39. The van der Waals surface area contributed by atoms with Crippen LogP contribution in [0.25, 0.3) is 0 Å². The van der Waals surface area contributed by atoms with Crippen molar-refractivity contribution in [2.24, 2.45) is 0 Å². The maximum atomic E-state index is 5.81. The summed E-state index contributed by atoms with van der Waals surface area (Å²) >= 11 is 1.55. The van der Waals surface area contributed by atoms with Gasteiger partial charge in [0.15, 0.2) is 5.13 Å². The number of hydrogen-bond acceptors (Lipinski definition) is 3. The van der Waals surface area contributed by atoms with Crippen molar-refractivity contribution in [3.05, 3.63) is 46.5 Å². The molecule has 0 amide bonds. The molecule has 3 heteroatoms. The molecule has 1 aromatic carbocycles. The predicted molar refractivity (Wildman–Crippen MR) is 77.0 cm³/mol. The van der Waals surface area contributed by atoms with Crippen LogP contribution in [0.1, 0.15) is 42.5 Å². The van der Waals surface area contributed by atoms with Gasteiger partial charge in [0, 0.05) is 10.8 Å². The lowest BCUT2D eigenvalue weighted by atomic mass is 9.76. The lowest BCUT2D eigenvalue weighted by Crippen LogP contribution is -2.24. The molecule has 2 aromatic rings. The lowest BCUT2D eigenvalue weighted by molar-refractivity contribution is 0.522. The van der Waals surface area contributed by atoms with Crippen LogP contribution in [0.15, 0.2) is 29.6 Å². The number of rotatable bonds is 2. The van der Waals surface area contributed by atoms with Crippen LogP contribution in [0.3, 0.4) is 0 Å². The molecule has 1 heterocycles. The molecule has 0 spiro atoms. The van der Waals surface area contributed by atoms with E-state index in [0.717, 1.165) is 0 Å². The Kier molecular flexibility index (Phi) is 2.86. The molecule has 1 aliphatic rings. The van der Waals surface area contributed by atoms with Gasteiger partial charge in [-0.3, -0.25) is 0 Å². The Bertz CT molecular complexity index is 536. The third-order valence-electron chi connectivity index (χ3n) is 4.07. The fourth-order valence-electron chi connectivity index (χ4n) is 3.05. The normalized spacial score (nSPS) is 18.1. The maximum Gasteiger partial charge on any atom is 0.180 e. The highest BCUT2D eigenvalue weighted by molar-refractivity contribution is 7.13. The van der Waals surface area contributed by atoms with Crippen LogP contribution in [0, 0.1) is 6.92 Å². The van der Waals surface area contributed by atoms with E-state index in [1.165, 1.54) is 42.5 Å². The van der Waals surface area contributed by atoms with E-state index in [0.29, 0.717) is 5.13 Å². The second-order valence-corrected chi connectivity index (χ2v) is 6.12. The molecule has 1 aliphatic carbocycles. The minimum Gasteiger partial charge on any atom is -0.375 e. The average Bonchev–Trinajstić information content (AvgIpc) is 2.99. The van der Waals surface area contributed by atoms with E-state index in [-0.39, 0.29) is 5.41 Å². The summed E-state index contributed by atoms with van der Waals surface area (Å²) in [6.45, 7) is 2.13. The summed E-state index contributed by atoms with van der Waals surface area (Å²) in [4.78, 5) is 4.56. The van der Waals surface area contributed by atoms with Crippen molar-refractivity contribution < 1.29 is 0 Å². The topological polar surface area (TPSA) is 38.9 Å². The Hall–Kier alpha value is -1.35. The molecule has 0 aliphatic heterocycles. The first-order chi connectivity index (χ1) is 8.71. The number of aryl methyl sites for hydroxylation is 1. The van der Waals surface area contributed by atoms with E-state index >= 15 is 0 Å². The van der Waals surface area contributed by atoms with Crippen molar-refractivity contribution >= 4 is 16.5 Å². The summed E-state index contributed by atoms with van der Waals surface area (Å²) in [5, 5.41) is 2.82. The molecule has 18 heavy (non-hydrogen) atoms. The van der Waals surface area contributed by atoms with Crippen LogP contribution in [-0.4, -0.2) is 4.98 Å². The third-order valence-corrected chi connectivity index (χ3v) is 4.75. The number of nitrogens with zero attached hydrogens (tertiary/aromatic N) is 1. The number of aromatic nitrogens is 1. The van der Waals surface area contributed by atoms with Crippen molar-refractivity contribution in [3.8, 4) is 0 Å². The molecular formula is C15H18N2S. The van der Waals surface area contributed by atoms with Gasteiger partial charge in [-0.25, -0.2) is 4.98 Å². The van der Waals surface area contributed by atoms with Gasteiger partial charge in [-0.2, -0.15) is 0 Å². The fourth-order valence-corrected chi connectivity index (χ4v) is 3.71. The SMILES string of the molecule is Cc1ccc(C2(c3csc(N)n3)CCCC2)cc1. The predicted octanol–water partition coefficient (Wildman–Crippen LogP) is 3.89. The van der Waals surface area contributed by atoms with E-state index < -0.39 is 0 Å². The van der Waals surface area contributed by atoms with E-state index in [1.807, 2.05) is 0 Å².